The summed E-state index contributed by atoms with van der Waals surface area (Å²) >= 11 is 0. The highest BCUT2D eigenvalue weighted by Gasteiger charge is 2.25. The Bertz CT molecular complexity index is 708. The van der Waals surface area contributed by atoms with Crippen molar-refractivity contribution in [3.8, 4) is 0 Å². The molecule has 1 unspecified atom stereocenters. The molecule has 2 heterocycles. The van der Waals surface area contributed by atoms with E-state index < -0.39 is 0 Å². The van der Waals surface area contributed by atoms with Crippen molar-refractivity contribution in [2.45, 2.75) is 18.9 Å². The second kappa shape index (κ2) is 5.08. The number of nitrogens with one attached hydrogen (secondary N) is 2. The van der Waals surface area contributed by atoms with E-state index in [-0.39, 0.29) is 17.9 Å². The molecule has 1 aromatic carbocycles. The number of likely N-dealkylation sites (N-methyl/N-ethyl adjacent to an activating group) is 1. The van der Waals surface area contributed by atoms with Crippen LogP contribution in [0.5, 0.6) is 0 Å². The van der Waals surface area contributed by atoms with Crippen LogP contribution < -0.4 is 11.1 Å². The Hall–Kier alpha value is -2.57. The summed E-state index contributed by atoms with van der Waals surface area (Å²) < 4.78 is 0. The fourth-order valence-electron chi connectivity index (χ4n) is 2.59. The highest BCUT2D eigenvalue weighted by molar-refractivity contribution is 6.05. The molecule has 1 atom stereocenters. The number of H-pyrrole nitrogens is 1. The third-order valence-electron chi connectivity index (χ3n) is 3.76. The predicted octanol–water partition coefficient (Wildman–Crippen LogP) is 0.496. The van der Waals surface area contributed by atoms with Gasteiger partial charge in [0.1, 0.15) is 0 Å². The van der Waals surface area contributed by atoms with Gasteiger partial charge in [-0.25, -0.2) is 0 Å². The second-order valence-electron chi connectivity index (χ2n) is 5.36. The van der Waals surface area contributed by atoms with Crippen LogP contribution in [0.25, 0.3) is 10.9 Å². The molecule has 1 saturated heterocycles. The van der Waals surface area contributed by atoms with Gasteiger partial charge in [-0.1, -0.05) is 0 Å². The lowest BCUT2D eigenvalue weighted by atomic mass is 10.1. The lowest BCUT2D eigenvalue weighted by Crippen LogP contribution is -2.48. The van der Waals surface area contributed by atoms with E-state index in [9.17, 15) is 9.59 Å². The normalized spacial score (nSPS) is 19.0. The number of nitrogens with two attached hydrogens (primary N) is 1. The number of benzene rings is 1. The highest BCUT2D eigenvalue weighted by Crippen LogP contribution is 2.19. The van der Waals surface area contributed by atoms with Gasteiger partial charge in [-0.15, -0.1) is 0 Å². The molecule has 21 heavy (non-hydrogen) atoms. The largest absolute Gasteiger partial charge is 0.399 e. The van der Waals surface area contributed by atoms with Crippen molar-refractivity contribution < 1.29 is 9.59 Å². The molecule has 0 bridgehead atoms. The van der Waals surface area contributed by atoms with Gasteiger partial charge in [0.05, 0.1) is 5.52 Å². The van der Waals surface area contributed by atoms with Gasteiger partial charge in [0.15, 0.2) is 5.69 Å². The summed E-state index contributed by atoms with van der Waals surface area (Å²) in [6.07, 6.45) is 1.11. The van der Waals surface area contributed by atoms with Crippen molar-refractivity contribution in [2.75, 3.05) is 19.3 Å². The molecule has 110 valence electrons. The van der Waals surface area contributed by atoms with Crippen LogP contribution in [0.1, 0.15) is 23.3 Å². The average Bonchev–Trinajstić information content (AvgIpc) is 2.86. The van der Waals surface area contributed by atoms with E-state index in [0.29, 0.717) is 36.2 Å². The molecular weight excluding hydrogens is 270 g/mol. The molecule has 0 aliphatic carbocycles. The molecule has 0 spiro atoms. The van der Waals surface area contributed by atoms with Crippen LogP contribution in [-0.4, -0.2) is 46.5 Å². The first-order valence-corrected chi connectivity index (χ1v) is 6.83. The molecule has 7 heteroatoms. The number of fused-ring (bicyclic) bond motifs is 1. The van der Waals surface area contributed by atoms with Crippen molar-refractivity contribution in [1.29, 1.82) is 0 Å². The quantitative estimate of drug-likeness (QED) is 0.699. The van der Waals surface area contributed by atoms with Crippen LogP contribution in [0.4, 0.5) is 5.69 Å². The number of rotatable bonds is 2. The van der Waals surface area contributed by atoms with E-state index in [2.05, 4.69) is 15.5 Å². The van der Waals surface area contributed by atoms with Gasteiger partial charge in [0.25, 0.3) is 5.91 Å². The van der Waals surface area contributed by atoms with E-state index in [1.165, 1.54) is 0 Å². The van der Waals surface area contributed by atoms with Gasteiger partial charge in [-0.2, -0.15) is 5.10 Å². The maximum atomic E-state index is 12.3. The Morgan fingerprint density at radius 2 is 2.33 bits per heavy atom. The van der Waals surface area contributed by atoms with Crippen LogP contribution in [-0.2, 0) is 4.79 Å². The number of carbonyl (C=O) groups excluding carboxylic acids is 2. The predicted molar refractivity (Wildman–Crippen MR) is 78.6 cm³/mol. The number of anilines is 1. The topological polar surface area (TPSA) is 104 Å². The van der Waals surface area contributed by atoms with Crippen LogP contribution in [0.15, 0.2) is 18.2 Å². The Balaban J connectivity index is 1.78. The number of likely N-dealkylation sites (tertiary alicyclic amines) is 1. The van der Waals surface area contributed by atoms with Crippen molar-refractivity contribution in [3.63, 3.8) is 0 Å². The molecule has 2 amide bonds. The molecule has 0 radical (unpaired) electrons. The minimum absolute atomic E-state index is 0.0481. The summed E-state index contributed by atoms with van der Waals surface area (Å²) in [5.74, 6) is -0.141. The maximum Gasteiger partial charge on any atom is 0.272 e. The first-order valence-electron chi connectivity index (χ1n) is 6.83. The second-order valence-corrected chi connectivity index (χ2v) is 5.36. The first kappa shape index (κ1) is 13.4. The molecule has 1 fully saturated rings. The van der Waals surface area contributed by atoms with Gasteiger partial charge in [0, 0.05) is 37.1 Å². The van der Waals surface area contributed by atoms with Crippen LogP contribution >= 0.6 is 0 Å². The van der Waals surface area contributed by atoms with Gasteiger partial charge >= 0.3 is 0 Å². The summed E-state index contributed by atoms with van der Waals surface area (Å²) in [7, 11) is 1.74. The number of nitrogens with zero attached hydrogens (tertiary/aromatic N) is 2. The van der Waals surface area contributed by atoms with Crippen LogP contribution in [0.3, 0.4) is 0 Å². The highest BCUT2D eigenvalue weighted by atomic mass is 16.2. The first-order chi connectivity index (χ1) is 10.0. The summed E-state index contributed by atoms with van der Waals surface area (Å²) in [4.78, 5) is 25.4. The van der Waals surface area contributed by atoms with Crippen LogP contribution in [0.2, 0.25) is 0 Å². The molecule has 7 nitrogen and oxygen atoms in total. The summed E-state index contributed by atoms with van der Waals surface area (Å²) in [5, 5.41) is 10.5. The van der Waals surface area contributed by atoms with E-state index in [1.807, 2.05) is 0 Å². The number of amides is 2. The van der Waals surface area contributed by atoms with Gasteiger partial charge in [-0.05, 0) is 24.6 Å². The van der Waals surface area contributed by atoms with Gasteiger partial charge in [-0.3, -0.25) is 14.7 Å². The Morgan fingerprint density at radius 3 is 3.10 bits per heavy atom. The third-order valence-corrected chi connectivity index (χ3v) is 3.76. The molecule has 0 saturated carbocycles. The number of piperidine rings is 1. The molecule has 1 aromatic heterocycles. The Morgan fingerprint density at radius 1 is 1.52 bits per heavy atom. The van der Waals surface area contributed by atoms with Gasteiger partial charge in [0.2, 0.25) is 5.91 Å². The molecular formula is C14H17N5O2. The Kier molecular flexibility index (Phi) is 3.25. The molecule has 1 aliphatic rings. The molecule has 4 N–H and O–H groups in total. The zero-order chi connectivity index (χ0) is 15.0. The van der Waals surface area contributed by atoms with Crippen LogP contribution in [0, 0.1) is 0 Å². The number of hydrogen-bond donors (Lipinski definition) is 3. The number of aromatic nitrogens is 2. The lowest BCUT2D eigenvalue weighted by Gasteiger charge is -2.29. The fraction of sp³-hybridized carbons (Fsp3) is 0.357. The monoisotopic (exact) mass is 287 g/mol. The fourth-order valence-corrected chi connectivity index (χ4v) is 2.59. The standard InChI is InChI=1S/C14H17N5O2/c1-19-7-9(3-5-12(19)20)16-14(21)13-10-6-8(15)2-4-11(10)17-18-13/h2,4,6,9H,3,5,7,15H2,1H3,(H,16,21)(H,17,18). The van der Waals surface area contributed by atoms with E-state index in [0.717, 1.165) is 5.52 Å². The number of hydrogen-bond acceptors (Lipinski definition) is 4. The summed E-state index contributed by atoms with van der Waals surface area (Å²) in [5.41, 5.74) is 7.44. The number of nitrogen functional groups attached to an aromatic ring is 1. The van der Waals surface area contributed by atoms with E-state index in [1.54, 1.807) is 30.1 Å². The average molecular weight is 287 g/mol. The third kappa shape index (κ3) is 2.54. The molecule has 3 rings (SSSR count). The lowest BCUT2D eigenvalue weighted by molar-refractivity contribution is -0.132. The SMILES string of the molecule is CN1CC(NC(=O)c2n[nH]c3ccc(N)cc23)CCC1=O. The van der Waals surface area contributed by atoms with E-state index >= 15 is 0 Å². The molecule has 2 aromatic rings. The minimum atomic E-state index is -0.250. The number of aromatic amines is 1. The van der Waals surface area contributed by atoms with Crippen molar-refractivity contribution in [1.82, 2.24) is 20.4 Å². The summed E-state index contributed by atoms with van der Waals surface area (Å²) in [6, 6.07) is 5.23. The van der Waals surface area contributed by atoms with Crippen molar-refractivity contribution in [2.24, 2.45) is 0 Å². The Labute approximate surface area is 121 Å². The summed E-state index contributed by atoms with van der Waals surface area (Å²) in [6.45, 7) is 0.523. The zero-order valence-corrected chi connectivity index (χ0v) is 11.7. The maximum absolute atomic E-state index is 12.3. The zero-order valence-electron chi connectivity index (χ0n) is 11.7. The minimum Gasteiger partial charge on any atom is -0.399 e. The van der Waals surface area contributed by atoms with Crippen molar-refractivity contribution in [3.05, 3.63) is 23.9 Å². The van der Waals surface area contributed by atoms with Gasteiger partial charge < -0.3 is 16.0 Å². The smallest absolute Gasteiger partial charge is 0.272 e. The van der Waals surface area contributed by atoms with Crippen molar-refractivity contribution >= 4 is 28.4 Å². The number of carbonyl (C=O) groups is 2. The van der Waals surface area contributed by atoms with E-state index in [4.69, 9.17) is 5.73 Å². The molecule has 1 aliphatic heterocycles.